The second-order valence-corrected chi connectivity index (χ2v) is 4.23. The van der Waals surface area contributed by atoms with Crippen LogP contribution in [0.2, 0.25) is 0 Å². The van der Waals surface area contributed by atoms with Gasteiger partial charge in [-0.15, -0.1) is 0 Å². The minimum Gasteiger partial charge on any atom is -0.405 e. The number of hydrogen-bond donors (Lipinski definition) is 2. The predicted molar refractivity (Wildman–Crippen MR) is 85.5 cm³/mol. The van der Waals surface area contributed by atoms with Crippen LogP contribution in [0.4, 0.5) is 0 Å². The van der Waals surface area contributed by atoms with Crippen LogP contribution in [0.15, 0.2) is 35.7 Å². The van der Waals surface area contributed by atoms with Crippen molar-refractivity contribution in [1.29, 1.82) is 0 Å². The molecule has 2 aliphatic rings. The van der Waals surface area contributed by atoms with Crippen LogP contribution in [0.25, 0.3) is 0 Å². The second kappa shape index (κ2) is 9.68. The van der Waals surface area contributed by atoms with Crippen LogP contribution in [0.1, 0.15) is 41.0 Å². The zero-order valence-corrected chi connectivity index (χ0v) is 13.2. The summed E-state index contributed by atoms with van der Waals surface area (Å²) < 4.78 is 0. The monoisotopic (exact) mass is 265 g/mol. The number of nitrogens with zero attached hydrogens (tertiary/aromatic N) is 1. The van der Waals surface area contributed by atoms with Crippen molar-refractivity contribution in [2.24, 2.45) is 17.4 Å². The van der Waals surface area contributed by atoms with Crippen molar-refractivity contribution in [2.45, 2.75) is 47.1 Å². The number of likely N-dealkylation sites (tertiary alicyclic amines) is 1. The molecular weight excluding hydrogens is 234 g/mol. The van der Waals surface area contributed by atoms with Gasteiger partial charge in [0.05, 0.1) is 0 Å². The van der Waals surface area contributed by atoms with Crippen molar-refractivity contribution < 1.29 is 0 Å². The lowest BCUT2D eigenvalue weighted by molar-refractivity contribution is 0.286. The summed E-state index contributed by atoms with van der Waals surface area (Å²) in [5, 5.41) is 0. The summed E-state index contributed by atoms with van der Waals surface area (Å²) in [6.07, 6.45) is 8.76. The maximum atomic E-state index is 6.03. The van der Waals surface area contributed by atoms with E-state index >= 15 is 0 Å². The van der Waals surface area contributed by atoms with Crippen LogP contribution < -0.4 is 11.5 Å². The summed E-state index contributed by atoms with van der Waals surface area (Å²) >= 11 is 0. The van der Waals surface area contributed by atoms with Gasteiger partial charge in [-0.05, 0) is 42.8 Å². The number of rotatable bonds is 3. The van der Waals surface area contributed by atoms with E-state index in [1.807, 2.05) is 33.8 Å². The molecule has 19 heavy (non-hydrogen) atoms. The molecule has 0 aromatic heterocycles. The van der Waals surface area contributed by atoms with Crippen LogP contribution in [0.3, 0.4) is 0 Å². The molecule has 0 saturated carbocycles. The third kappa shape index (κ3) is 4.43. The Hall–Kier alpha value is -1.22. The maximum absolute atomic E-state index is 6.03. The first-order valence-corrected chi connectivity index (χ1v) is 7.56. The normalized spacial score (nSPS) is 25.5. The van der Waals surface area contributed by atoms with Gasteiger partial charge in [-0.2, -0.15) is 0 Å². The molecule has 0 radical (unpaired) electrons. The van der Waals surface area contributed by atoms with Crippen molar-refractivity contribution in [3.63, 3.8) is 0 Å². The van der Waals surface area contributed by atoms with Crippen molar-refractivity contribution in [2.75, 3.05) is 13.1 Å². The quantitative estimate of drug-likeness (QED) is 0.771. The van der Waals surface area contributed by atoms with Gasteiger partial charge in [0, 0.05) is 18.3 Å². The molecule has 2 atom stereocenters. The number of nitrogens with two attached hydrogens (primary N) is 2. The molecule has 1 fully saturated rings. The van der Waals surface area contributed by atoms with Gasteiger partial charge in [-0.1, -0.05) is 40.7 Å². The Morgan fingerprint density at radius 2 is 2.00 bits per heavy atom. The van der Waals surface area contributed by atoms with Gasteiger partial charge in [0.25, 0.3) is 0 Å². The van der Waals surface area contributed by atoms with Crippen molar-refractivity contribution in [3.8, 4) is 0 Å². The number of allylic oxidation sites excluding steroid dienone is 2. The second-order valence-electron chi connectivity index (χ2n) is 4.23. The molecule has 110 valence electrons. The third-order valence-corrected chi connectivity index (χ3v) is 3.34. The zero-order chi connectivity index (χ0) is 14.8. The largest absolute Gasteiger partial charge is 0.405 e. The van der Waals surface area contributed by atoms with Crippen molar-refractivity contribution >= 4 is 0 Å². The molecule has 4 N–H and O–H groups in total. The number of likely N-dealkylation sites (N-methyl/N-ethyl adjacent to an activating group) is 1. The average molecular weight is 265 g/mol. The fourth-order valence-corrected chi connectivity index (χ4v) is 2.64. The van der Waals surface area contributed by atoms with E-state index in [4.69, 9.17) is 11.5 Å². The summed E-state index contributed by atoms with van der Waals surface area (Å²) in [5.41, 5.74) is 13.5. The molecule has 0 spiro atoms. The lowest BCUT2D eigenvalue weighted by Gasteiger charge is -2.26. The average Bonchev–Trinajstić information content (AvgIpc) is 3.08. The van der Waals surface area contributed by atoms with E-state index < -0.39 is 0 Å². The SMILES string of the molecule is CC.CC.CCN1CC2C=C(/C(N)=C/C=C\N)C1C2. The third-order valence-electron chi connectivity index (χ3n) is 3.34. The molecule has 3 nitrogen and oxygen atoms in total. The summed E-state index contributed by atoms with van der Waals surface area (Å²) in [4.78, 5) is 2.49. The van der Waals surface area contributed by atoms with E-state index in [0.717, 1.165) is 12.2 Å². The van der Waals surface area contributed by atoms with Gasteiger partial charge in [-0.25, -0.2) is 0 Å². The van der Waals surface area contributed by atoms with Crippen molar-refractivity contribution in [3.05, 3.63) is 35.7 Å². The fourth-order valence-electron chi connectivity index (χ4n) is 2.64. The maximum Gasteiger partial charge on any atom is 0.0371 e. The summed E-state index contributed by atoms with van der Waals surface area (Å²) in [6.45, 7) is 12.5. The Morgan fingerprint density at radius 1 is 1.37 bits per heavy atom. The van der Waals surface area contributed by atoms with E-state index in [-0.39, 0.29) is 0 Å². The highest BCUT2D eigenvalue weighted by molar-refractivity contribution is 5.40. The van der Waals surface area contributed by atoms with Gasteiger partial charge < -0.3 is 11.5 Å². The molecule has 0 amide bonds. The molecule has 2 bridgehead atoms. The topological polar surface area (TPSA) is 55.3 Å². The van der Waals surface area contributed by atoms with Gasteiger partial charge in [0.15, 0.2) is 0 Å². The first-order chi connectivity index (χ1) is 9.26. The predicted octanol–water partition coefficient (Wildman–Crippen LogP) is 3.00. The Morgan fingerprint density at radius 3 is 2.47 bits per heavy atom. The van der Waals surface area contributed by atoms with Crippen LogP contribution in [-0.4, -0.2) is 24.0 Å². The first-order valence-electron chi connectivity index (χ1n) is 7.56. The van der Waals surface area contributed by atoms with Crippen LogP contribution in [0, 0.1) is 5.92 Å². The Labute approximate surface area is 119 Å². The van der Waals surface area contributed by atoms with Crippen molar-refractivity contribution in [1.82, 2.24) is 4.90 Å². The lowest BCUT2D eigenvalue weighted by Crippen LogP contribution is -2.34. The van der Waals surface area contributed by atoms with Gasteiger partial charge in [0.1, 0.15) is 0 Å². The number of fused-ring (bicyclic) bond motifs is 2. The molecule has 0 aromatic rings. The van der Waals surface area contributed by atoms with Crippen LogP contribution in [-0.2, 0) is 0 Å². The molecule has 1 heterocycles. The molecular formula is C16H31N3. The van der Waals surface area contributed by atoms with Gasteiger partial charge in [0.2, 0.25) is 0 Å². The Balaban J connectivity index is 0.000000741. The van der Waals surface area contributed by atoms with Crippen LogP contribution in [0.5, 0.6) is 0 Å². The molecule has 2 rings (SSSR count). The van der Waals surface area contributed by atoms with Crippen LogP contribution >= 0.6 is 0 Å². The molecule has 1 aliphatic heterocycles. The fraction of sp³-hybridized carbons (Fsp3) is 0.625. The Bertz CT molecular complexity index is 329. The minimum absolute atomic E-state index is 0.544. The smallest absolute Gasteiger partial charge is 0.0371 e. The van der Waals surface area contributed by atoms with E-state index in [9.17, 15) is 0 Å². The highest BCUT2D eigenvalue weighted by Gasteiger charge is 2.38. The van der Waals surface area contributed by atoms with Gasteiger partial charge in [-0.3, -0.25) is 4.90 Å². The number of hydrogen-bond acceptors (Lipinski definition) is 3. The van der Waals surface area contributed by atoms with E-state index in [1.54, 1.807) is 6.08 Å². The molecule has 1 saturated heterocycles. The van der Waals surface area contributed by atoms with E-state index in [2.05, 4.69) is 17.9 Å². The van der Waals surface area contributed by atoms with Gasteiger partial charge >= 0.3 is 0 Å². The minimum atomic E-state index is 0.544. The summed E-state index contributed by atoms with van der Waals surface area (Å²) in [7, 11) is 0. The summed E-state index contributed by atoms with van der Waals surface area (Å²) in [6, 6.07) is 0.544. The zero-order valence-electron chi connectivity index (χ0n) is 13.2. The molecule has 0 aromatic carbocycles. The molecule has 1 aliphatic carbocycles. The lowest BCUT2D eigenvalue weighted by atomic mass is 10.1. The first kappa shape index (κ1) is 17.8. The molecule has 2 unspecified atom stereocenters. The highest BCUT2D eigenvalue weighted by atomic mass is 15.2. The highest BCUT2D eigenvalue weighted by Crippen LogP contribution is 2.38. The van der Waals surface area contributed by atoms with E-state index in [0.29, 0.717) is 12.0 Å². The van der Waals surface area contributed by atoms with E-state index in [1.165, 1.54) is 24.7 Å². The Kier molecular flexibility index (Phi) is 9.06. The standard InChI is InChI=1S/C12H19N3.2C2H6/c1-2-15-8-9-6-10(12(15)7-9)11(14)4-3-5-13;2*1-2/h3-6,9,12H,2,7-8,13-14H2,1H3;2*1-2H3/b5-3-,11-4-;;. The summed E-state index contributed by atoms with van der Waals surface area (Å²) in [5.74, 6) is 0.707. The molecule has 3 heteroatoms.